The van der Waals surface area contributed by atoms with Gasteiger partial charge in [-0.25, -0.2) is 0 Å². The zero-order valence-electron chi connectivity index (χ0n) is 12.8. The third-order valence-corrected chi connectivity index (χ3v) is 4.23. The quantitative estimate of drug-likeness (QED) is 0.809. The van der Waals surface area contributed by atoms with Gasteiger partial charge in [0.2, 0.25) is 0 Å². The molecule has 1 N–H and O–H groups in total. The standard InChI is InChI=1S/C16H15BrClNO4/c1-21-10-4-5-12(11(18)8-10)19-16(20)9-6-13(22-2)15(17)14(7-9)23-3/h4-8H,1-3H3,(H,19,20). The Kier molecular flexibility index (Phi) is 5.74. The van der Waals surface area contributed by atoms with Crippen LogP contribution in [0.25, 0.3) is 0 Å². The minimum atomic E-state index is -0.332. The van der Waals surface area contributed by atoms with E-state index in [-0.39, 0.29) is 5.91 Å². The fraction of sp³-hybridized carbons (Fsp3) is 0.188. The molecule has 1 amide bonds. The van der Waals surface area contributed by atoms with Gasteiger partial charge in [-0.15, -0.1) is 0 Å². The molecule has 0 heterocycles. The van der Waals surface area contributed by atoms with Crippen LogP contribution < -0.4 is 19.5 Å². The Labute approximate surface area is 147 Å². The molecule has 0 bridgehead atoms. The molecular weight excluding hydrogens is 386 g/mol. The number of carbonyl (C=O) groups excluding carboxylic acids is 1. The predicted octanol–water partition coefficient (Wildman–Crippen LogP) is 4.38. The summed E-state index contributed by atoms with van der Waals surface area (Å²) in [5.74, 6) is 1.27. The van der Waals surface area contributed by atoms with Crippen molar-refractivity contribution in [1.82, 2.24) is 0 Å². The third kappa shape index (κ3) is 3.89. The van der Waals surface area contributed by atoms with Crippen LogP contribution in [0.1, 0.15) is 10.4 Å². The van der Waals surface area contributed by atoms with E-state index in [1.54, 1.807) is 37.4 Å². The van der Waals surface area contributed by atoms with E-state index < -0.39 is 0 Å². The van der Waals surface area contributed by atoms with Crippen molar-refractivity contribution in [2.24, 2.45) is 0 Å². The molecule has 23 heavy (non-hydrogen) atoms. The van der Waals surface area contributed by atoms with Crippen LogP contribution in [-0.2, 0) is 0 Å². The zero-order valence-corrected chi connectivity index (χ0v) is 15.1. The molecule has 0 atom stereocenters. The third-order valence-electron chi connectivity index (χ3n) is 3.13. The lowest BCUT2D eigenvalue weighted by Crippen LogP contribution is -2.12. The molecule has 0 spiro atoms. The van der Waals surface area contributed by atoms with Crippen LogP contribution in [-0.4, -0.2) is 27.2 Å². The van der Waals surface area contributed by atoms with Crippen molar-refractivity contribution in [1.29, 1.82) is 0 Å². The van der Waals surface area contributed by atoms with E-state index in [2.05, 4.69) is 21.2 Å². The Morgan fingerprint density at radius 2 is 1.65 bits per heavy atom. The van der Waals surface area contributed by atoms with Gasteiger partial charge in [-0.2, -0.15) is 0 Å². The van der Waals surface area contributed by atoms with Gasteiger partial charge in [0.05, 0.1) is 32.0 Å². The van der Waals surface area contributed by atoms with Crippen LogP contribution in [0.5, 0.6) is 17.2 Å². The zero-order chi connectivity index (χ0) is 17.0. The molecular formula is C16H15BrClNO4. The van der Waals surface area contributed by atoms with Crippen molar-refractivity contribution < 1.29 is 19.0 Å². The molecule has 5 nitrogen and oxygen atoms in total. The highest BCUT2D eigenvalue weighted by Crippen LogP contribution is 2.36. The molecule has 0 aliphatic rings. The number of hydrogen-bond donors (Lipinski definition) is 1. The first-order valence-corrected chi connectivity index (χ1v) is 7.73. The van der Waals surface area contributed by atoms with Crippen molar-refractivity contribution in [2.75, 3.05) is 26.6 Å². The minimum Gasteiger partial charge on any atom is -0.497 e. The number of benzene rings is 2. The summed E-state index contributed by atoms with van der Waals surface area (Å²) in [4.78, 5) is 12.4. The number of rotatable bonds is 5. The Balaban J connectivity index is 2.30. The Morgan fingerprint density at radius 1 is 1.04 bits per heavy atom. The summed E-state index contributed by atoms with van der Waals surface area (Å²) < 4.78 is 16.2. The predicted molar refractivity (Wildman–Crippen MR) is 93.2 cm³/mol. The van der Waals surface area contributed by atoms with E-state index in [1.807, 2.05) is 0 Å². The monoisotopic (exact) mass is 399 g/mol. The Bertz CT molecular complexity index is 711. The average molecular weight is 401 g/mol. The summed E-state index contributed by atoms with van der Waals surface area (Å²) in [5.41, 5.74) is 0.868. The van der Waals surface area contributed by atoms with Crippen molar-refractivity contribution >= 4 is 39.1 Å². The number of methoxy groups -OCH3 is 3. The van der Waals surface area contributed by atoms with Crippen LogP contribution in [0.3, 0.4) is 0 Å². The van der Waals surface area contributed by atoms with Crippen LogP contribution in [0.4, 0.5) is 5.69 Å². The molecule has 0 aliphatic heterocycles. The molecule has 2 aromatic rings. The van der Waals surface area contributed by atoms with Crippen molar-refractivity contribution in [2.45, 2.75) is 0 Å². The van der Waals surface area contributed by atoms with Gasteiger partial charge >= 0.3 is 0 Å². The lowest BCUT2D eigenvalue weighted by molar-refractivity contribution is 0.102. The summed E-state index contributed by atoms with van der Waals surface area (Å²) in [6, 6.07) is 8.23. The van der Waals surface area contributed by atoms with E-state index in [4.69, 9.17) is 25.8 Å². The van der Waals surface area contributed by atoms with Crippen LogP contribution in [0.2, 0.25) is 5.02 Å². The summed E-state index contributed by atoms with van der Waals surface area (Å²) in [5, 5.41) is 3.13. The molecule has 122 valence electrons. The molecule has 0 unspecified atom stereocenters. The van der Waals surface area contributed by atoms with Crippen LogP contribution >= 0.6 is 27.5 Å². The molecule has 0 aliphatic carbocycles. The van der Waals surface area contributed by atoms with E-state index in [1.165, 1.54) is 14.2 Å². The molecule has 0 radical (unpaired) electrons. The number of nitrogens with one attached hydrogen (secondary N) is 1. The fourth-order valence-corrected chi connectivity index (χ4v) is 2.69. The van der Waals surface area contributed by atoms with Gasteiger partial charge in [-0.05, 0) is 40.2 Å². The Morgan fingerprint density at radius 3 is 2.13 bits per heavy atom. The second kappa shape index (κ2) is 7.57. The maximum Gasteiger partial charge on any atom is 0.255 e. The van der Waals surface area contributed by atoms with Crippen molar-refractivity contribution in [3.8, 4) is 17.2 Å². The SMILES string of the molecule is COc1ccc(NC(=O)c2cc(OC)c(Br)c(OC)c2)c(Cl)c1. The van der Waals surface area contributed by atoms with Crippen LogP contribution in [0.15, 0.2) is 34.8 Å². The van der Waals surface area contributed by atoms with Crippen molar-refractivity contribution in [3.05, 3.63) is 45.4 Å². The smallest absolute Gasteiger partial charge is 0.255 e. The number of amides is 1. The highest BCUT2D eigenvalue weighted by atomic mass is 79.9. The maximum absolute atomic E-state index is 12.4. The second-order valence-electron chi connectivity index (χ2n) is 4.49. The van der Waals surface area contributed by atoms with E-state index in [0.29, 0.717) is 38.0 Å². The maximum atomic E-state index is 12.4. The number of carbonyl (C=O) groups is 1. The summed E-state index contributed by atoms with van der Waals surface area (Å²) >= 11 is 9.49. The molecule has 0 fully saturated rings. The molecule has 0 aromatic heterocycles. The van der Waals surface area contributed by atoms with Gasteiger partial charge in [-0.1, -0.05) is 11.6 Å². The molecule has 7 heteroatoms. The first kappa shape index (κ1) is 17.4. The second-order valence-corrected chi connectivity index (χ2v) is 5.69. The lowest BCUT2D eigenvalue weighted by atomic mass is 10.1. The summed E-state index contributed by atoms with van der Waals surface area (Å²) in [7, 11) is 4.58. The minimum absolute atomic E-state index is 0.332. The summed E-state index contributed by atoms with van der Waals surface area (Å²) in [6.07, 6.45) is 0. The number of halogens is 2. The van der Waals surface area contributed by atoms with Gasteiger partial charge < -0.3 is 19.5 Å². The molecule has 2 rings (SSSR count). The van der Waals surface area contributed by atoms with Gasteiger partial charge in [0, 0.05) is 11.6 Å². The normalized spacial score (nSPS) is 10.1. The highest BCUT2D eigenvalue weighted by Gasteiger charge is 2.15. The first-order valence-electron chi connectivity index (χ1n) is 6.56. The van der Waals surface area contributed by atoms with E-state index in [0.717, 1.165) is 0 Å². The first-order chi connectivity index (χ1) is 11.0. The number of anilines is 1. The average Bonchev–Trinajstić information content (AvgIpc) is 2.56. The van der Waals surface area contributed by atoms with Gasteiger partial charge in [0.15, 0.2) is 0 Å². The van der Waals surface area contributed by atoms with Gasteiger partial charge in [-0.3, -0.25) is 4.79 Å². The molecule has 0 saturated heterocycles. The van der Waals surface area contributed by atoms with Crippen molar-refractivity contribution in [3.63, 3.8) is 0 Å². The van der Waals surface area contributed by atoms with E-state index >= 15 is 0 Å². The fourth-order valence-electron chi connectivity index (χ4n) is 1.92. The largest absolute Gasteiger partial charge is 0.497 e. The summed E-state index contributed by atoms with van der Waals surface area (Å²) in [6.45, 7) is 0. The van der Waals surface area contributed by atoms with Gasteiger partial charge in [0.1, 0.15) is 21.7 Å². The topological polar surface area (TPSA) is 56.8 Å². The highest BCUT2D eigenvalue weighted by molar-refractivity contribution is 9.10. The van der Waals surface area contributed by atoms with Gasteiger partial charge in [0.25, 0.3) is 5.91 Å². The van der Waals surface area contributed by atoms with Crippen LogP contribution in [0, 0.1) is 0 Å². The number of ether oxygens (including phenoxy) is 3. The number of hydrogen-bond acceptors (Lipinski definition) is 4. The molecule has 0 saturated carbocycles. The lowest BCUT2D eigenvalue weighted by Gasteiger charge is -2.12. The molecule has 2 aromatic carbocycles. The van der Waals surface area contributed by atoms with E-state index in [9.17, 15) is 4.79 Å². The Hall–Kier alpha value is -1.92.